The van der Waals surface area contributed by atoms with Crippen molar-refractivity contribution in [2.24, 2.45) is 0 Å². The van der Waals surface area contributed by atoms with Gasteiger partial charge in [0, 0.05) is 22.9 Å². The van der Waals surface area contributed by atoms with Crippen LogP contribution in [0.15, 0.2) is 22.7 Å². The number of Topliss-reactive ketones (excluding diaryl/α,β-unsaturated/α-hetero) is 1. The molecule has 0 aromatic heterocycles. The first-order chi connectivity index (χ1) is 8.17. The van der Waals surface area contributed by atoms with Gasteiger partial charge < -0.3 is 4.74 Å². The number of ether oxygens (including phenoxy) is 1. The quantitative estimate of drug-likeness (QED) is 0.707. The summed E-state index contributed by atoms with van der Waals surface area (Å²) >= 11 is 3.41. The Labute approximate surface area is 111 Å². The lowest BCUT2D eigenvalue weighted by atomic mass is 10.0. The van der Waals surface area contributed by atoms with E-state index in [1.807, 2.05) is 18.2 Å². The molecule has 0 radical (unpaired) electrons. The predicted octanol–water partition coefficient (Wildman–Crippen LogP) is 4.15. The monoisotopic (exact) mass is 298 g/mol. The molecule has 1 rings (SSSR count). The summed E-state index contributed by atoms with van der Waals surface area (Å²) in [6.07, 6.45) is 4.40. The summed E-state index contributed by atoms with van der Waals surface area (Å²) in [5.41, 5.74) is 0.961. The summed E-state index contributed by atoms with van der Waals surface area (Å²) in [4.78, 5) is 11.8. The number of hydrogen-bond donors (Lipinski definition) is 0. The average Bonchev–Trinajstić information content (AvgIpc) is 2.29. The van der Waals surface area contributed by atoms with E-state index in [1.165, 1.54) is 0 Å². The van der Waals surface area contributed by atoms with Gasteiger partial charge in [0.05, 0.1) is 7.11 Å². The Kier molecular flexibility index (Phi) is 6.27. The first kappa shape index (κ1) is 14.2. The van der Waals surface area contributed by atoms with Crippen molar-refractivity contribution in [3.8, 4) is 5.75 Å². The van der Waals surface area contributed by atoms with Crippen molar-refractivity contribution in [3.05, 3.63) is 28.2 Å². The van der Waals surface area contributed by atoms with E-state index < -0.39 is 0 Å². The van der Waals surface area contributed by atoms with E-state index in [9.17, 15) is 4.79 Å². The molecule has 94 valence electrons. The highest BCUT2D eigenvalue weighted by Gasteiger charge is 2.09. The zero-order chi connectivity index (χ0) is 12.7. The van der Waals surface area contributed by atoms with Crippen molar-refractivity contribution in [1.82, 2.24) is 0 Å². The van der Waals surface area contributed by atoms with Gasteiger partial charge >= 0.3 is 0 Å². The molecular weight excluding hydrogens is 280 g/mol. The Bertz CT molecular complexity index is 374. The van der Waals surface area contributed by atoms with E-state index >= 15 is 0 Å². The molecule has 0 spiro atoms. The van der Waals surface area contributed by atoms with Crippen LogP contribution in [0.3, 0.4) is 0 Å². The molecule has 0 atom stereocenters. The summed E-state index contributed by atoms with van der Waals surface area (Å²) in [6.45, 7) is 2.14. The number of unbranched alkanes of at least 4 members (excludes halogenated alkanes) is 2. The van der Waals surface area contributed by atoms with Crippen molar-refractivity contribution in [3.63, 3.8) is 0 Å². The highest BCUT2D eigenvalue weighted by atomic mass is 79.9. The van der Waals surface area contributed by atoms with E-state index in [1.54, 1.807) is 7.11 Å². The molecule has 2 nitrogen and oxygen atoms in total. The van der Waals surface area contributed by atoms with Crippen LogP contribution in [0.5, 0.6) is 5.75 Å². The summed E-state index contributed by atoms with van der Waals surface area (Å²) < 4.78 is 6.23. The predicted molar refractivity (Wildman–Crippen MR) is 73.5 cm³/mol. The standard InChI is InChI=1S/C14H19BrO2/c1-3-4-5-6-13(16)10-11-9-12(15)7-8-14(11)17-2/h7-9H,3-6,10H2,1-2H3. The smallest absolute Gasteiger partial charge is 0.137 e. The molecule has 3 heteroatoms. The lowest BCUT2D eigenvalue weighted by Crippen LogP contribution is -2.04. The first-order valence-corrected chi connectivity index (χ1v) is 6.80. The zero-order valence-electron chi connectivity index (χ0n) is 10.5. The van der Waals surface area contributed by atoms with E-state index in [4.69, 9.17) is 4.74 Å². The van der Waals surface area contributed by atoms with Crippen LogP contribution in [-0.2, 0) is 11.2 Å². The Morgan fingerprint density at radius 2 is 2.12 bits per heavy atom. The molecular formula is C14H19BrO2. The van der Waals surface area contributed by atoms with E-state index in [0.717, 1.165) is 35.0 Å². The minimum Gasteiger partial charge on any atom is -0.496 e. The minimum atomic E-state index is 0.287. The molecule has 0 unspecified atom stereocenters. The molecule has 0 N–H and O–H groups in total. The van der Waals surface area contributed by atoms with Crippen molar-refractivity contribution >= 4 is 21.7 Å². The number of carbonyl (C=O) groups is 1. The van der Waals surface area contributed by atoms with E-state index in [-0.39, 0.29) is 5.78 Å². The molecule has 0 saturated heterocycles. The maximum absolute atomic E-state index is 11.8. The highest BCUT2D eigenvalue weighted by molar-refractivity contribution is 9.10. The third-order valence-corrected chi connectivity index (χ3v) is 3.18. The molecule has 0 heterocycles. The van der Waals surface area contributed by atoms with Gasteiger partial charge in [-0.3, -0.25) is 4.79 Å². The number of ketones is 1. The first-order valence-electron chi connectivity index (χ1n) is 6.01. The van der Waals surface area contributed by atoms with Crippen LogP contribution in [-0.4, -0.2) is 12.9 Å². The third-order valence-electron chi connectivity index (χ3n) is 2.69. The SMILES string of the molecule is CCCCCC(=O)Cc1cc(Br)ccc1OC. The highest BCUT2D eigenvalue weighted by Crippen LogP contribution is 2.24. The number of hydrogen-bond acceptors (Lipinski definition) is 2. The Balaban J connectivity index is 2.60. The van der Waals surface area contributed by atoms with E-state index in [0.29, 0.717) is 12.8 Å². The van der Waals surface area contributed by atoms with Crippen LogP contribution in [0, 0.1) is 0 Å². The third kappa shape index (κ3) is 4.90. The normalized spacial score (nSPS) is 10.3. The summed E-state index contributed by atoms with van der Waals surface area (Å²) in [7, 11) is 1.63. The number of halogens is 1. The van der Waals surface area contributed by atoms with Gasteiger partial charge in [-0.1, -0.05) is 35.7 Å². The molecule has 1 aromatic carbocycles. The summed E-state index contributed by atoms with van der Waals surface area (Å²) in [6, 6.07) is 5.76. The second-order valence-electron chi connectivity index (χ2n) is 4.13. The number of benzene rings is 1. The van der Waals surface area contributed by atoms with Crippen LogP contribution in [0.25, 0.3) is 0 Å². The summed E-state index contributed by atoms with van der Waals surface area (Å²) in [5, 5.41) is 0. The van der Waals surface area contributed by atoms with Gasteiger partial charge in [-0.05, 0) is 24.6 Å². The van der Waals surface area contributed by atoms with Gasteiger partial charge in [0.15, 0.2) is 0 Å². The van der Waals surface area contributed by atoms with Crippen LogP contribution in [0.1, 0.15) is 38.2 Å². The fraction of sp³-hybridized carbons (Fsp3) is 0.500. The Hall–Kier alpha value is -0.830. The van der Waals surface area contributed by atoms with Gasteiger partial charge in [0.2, 0.25) is 0 Å². The largest absolute Gasteiger partial charge is 0.496 e. The molecule has 1 aromatic rings. The van der Waals surface area contributed by atoms with Gasteiger partial charge in [0.25, 0.3) is 0 Å². The molecule has 0 aliphatic carbocycles. The van der Waals surface area contributed by atoms with Crippen LogP contribution in [0.2, 0.25) is 0 Å². The fourth-order valence-electron chi connectivity index (χ4n) is 1.76. The number of methoxy groups -OCH3 is 1. The van der Waals surface area contributed by atoms with Gasteiger partial charge in [-0.15, -0.1) is 0 Å². The Morgan fingerprint density at radius 3 is 2.76 bits per heavy atom. The molecule has 0 bridgehead atoms. The van der Waals surface area contributed by atoms with Crippen LogP contribution < -0.4 is 4.74 Å². The van der Waals surface area contributed by atoms with Gasteiger partial charge in [-0.2, -0.15) is 0 Å². The maximum Gasteiger partial charge on any atom is 0.137 e. The van der Waals surface area contributed by atoms with Crippen LogP contribution in [0.4, 0.5) is 0 Å². The maximum atomic E-state index is 11.8. The second kappa shape index (κ2) is 7.49. The van der Waals surface area contributed by atoms with Gasteiger partial charge in [-0.25, -0.2) is 0 Å². The zero-order valence-corrected chi connectivity index (χ0v) is 12.0. The molecule has 0 aliphatic heterocycles. The second-order valence-corrected chi connectivity index (χ2v) is 5.04. The van der Waals surface area contributed by atoms with Crippen molar-refractivity contribution < 1.29 is 9.53 Å². The number of carbonyl (C=O) groups excluding carboxylic acids is 1. The van der Waals surface area contributed by atoms with Crippen molar-refractivity contribution in [2.75, 3.05) is 7.11 Å². The van der Waals surface area contributed by atoms with Crippen molar-refractivity contribution in [1.29, 1.82) is 0 Å². The average molecular weight is 299 g/mol. The topological polar surface area (TPSA) is 26.3 Å². The van der Waals surface area contributed by atoms with Crippen LogP contribution >= 0.6 is 15.9 Å². The van der Waals surface area contributed by atoms with Gasteiger partial charge in [0.1, 0.15) is 11.5 Å². The Morgan fingerprint density at radius 1 is 1.35 bits per heavy atom. The molecule has 17 heavy (non-hydrogen) atoms. The van der Waals surface area contributed by atoms with Crippen molar-refractivity contribution in [2.45, 2.75) is 39.0 Å². The number of rotatable bonds is 7. The molecule has 0 saturated carbocycles. The van der Waals surface area contributed by atoms with E-state index in [2.05, 4.69) is 22.9 Å². The fourth-order valence-corrected chi connectivity index (χ4v) is 2.17. The summed E-state index contributed by atoms with van der Waals surface area (Å²) in [5.74, 6) is 1.08. The minimum absolute atomic E-state index is 0.287. The lowest BCUT2D eigenvalue weighted by molar-refractivity contribution is -0.118. The molecule has 0 fully saturated rings. The molecule has 0 aliphatic rings. The lowest BCUT2D eigenvalue weighted by Gasteiger charge is -2.08. The molecule has 0 amide bonds.